The van der Waals surface area contributed by atoms with Crippen molar-refractivity contribution in [3.8, 4) is 0 Å². The van der Waals surface area contributed by atoms with Crippen molar-refractivity contribution in [1.82, 2.24) is 0 Å². The summed E-state index contributed by atoms with van der Waals surface area (Å²) in [6.45, 7) is 0. The average molecular weight is 194 g/mol. The van der Waals surface area contributed by atoms with Gasteiger partial charge in [0.25, 0.3) is 0 Å². The monoisotopic (exact) mass is 194 g/mol. The van der Waals surface area contributed by atoms with E-state index in [2.05, 4.69) is 5.14 Å². The maximum Gasteiger partial charge on any atom is 0.511 e. The van der Waals surface area contributed by atoms with Crippen LogP contribution in [0.1, 0.15) is 0 Å². The van der Waals surface area contributed by atoms with Crippen LogP contribution in [-0.4, -0.2) is 13.9 Å². The molecule has 1 radical (unpaired) electrons. The molecule has 9 heavy (non-hydrogen) atoms. The maximum absolute atomic E-state index is 10.8. The van der Waals surface area contributed by atoms with E-state index in [0.717, 1.165) is 0 Å². The molecule has 0 amide bonds. The van der Waals surface area contributed by atoms with E-state index in [-0.39, 0.29) is 25.8 Å². The van der Waals surface area contributed by atoms with Crippen molar-refractivity contribution in [2.45, 2.75) is 5.51 Å². The first-order chi connectivity index (χ1) is 3.25. The number of hydrogen-bond donors (Lipinski definition) is 1. The normalized spacial score (nSPS) is 12.4. The summed E-state index contributed by atoms with van der Waals surface area (Å²) in [7, 11) is -5.34. The van der Waals surface area contributed by atoms with Crippen LogP contribution < -0.4 is 5.14 Å². The summed E-state index contributed by atoms with van der Waals surface area (Å²) in [6, 6.07) is 0. The second kappa shape index (κ2) is 3.11. The molecule has 2 N–H and O–H groups in total. The largest absolute Gasteiger partial charge is 0.511 e. The zero-order valence-electron chi connectivity index (χ0n) is 4.01. The van der Waals surface area contributed by atoms with Crippen LogP contribution in [0, 0.1) is 0 Å². The quantitative estimate of drug-likeness (QED) is 0.580. The third kappa shape index (κ3) is 4.04. The molecular formula is CH2F3NO2SSc. The Balaban J connectivity index is 0. The maximum atomic E-state index is 10.8. The van der Waals surface area contributed by atoms with Gasteiger partial charge in [0.1, 0.15) is 0 Å². The molecule has 0 aromatic carbocycles. The Labute approximate surface area is 68.2 Å². The van der Waals surface area contributed by atoms with E-state index in [0.29, 0.717) is 0 Å². The van der Waals surface area contributed by atoms with Gasteiger partial charge in [-0.05, 0) is 0 Å². The average Bonchev–Trinajstić information content (AvgIpc) is 1.25. The summed E-state index contributed by atoms with van der Waals surface area (Å²) >= 11 is 0. The van der Waals surface area contributed by atoms with Crippen LogP contribution in [-0.2, 0) is 35.9 Å². The van der Waals surface area contributed by atoms with Crippen molar-refractivity contribution in [3.63, 3.8) is 0 Å². The van der Waals surface area contributed by atoms with E-state index >= 15 is 0 Å². The van der Waals surface area contributed by atoms with Crippen LogP contribution >= 0.6 is 0 Å². The van der Waals surface area contributed by atoms with Gasteiger partial charge in [0, 0.05) is 25.8 Å². The number of sulfonamides is 1. The van der Waals surface area contributed by atoms with Gasteiger partial charge in [-0.2, -0.15) is 13.2 Å². The number of nitrogens with two attached hydrogens (primary N) is 1. The molecule has 0 spiro atoms. The van der Waals surface area contributed by atoms with Crippen LogP contribution in [0.4, 0.5) is 13.2 Å². The number of halogens is 3. The standard InChI is InChI=1S/CH2F3NO2S.Sc/c2-1(3,4)8(5,6)7;/h(H2,5,6,7);. The van der Waals surface area contributed by atoms with Crippen molar-refractivity contribution in [3.05, 3.63) is 0 Å². The van der Waals surface area contributed by atoms with Crippen molar-refractivity contribution in [1.29, 1.82) is 0 Å². The van der Waals surface area contributed by atoms with Gasteiger partial charge in [-0.1, -0.05) is 0 Å². The van der Waals surface area contributed by atoms with Gasteiger partial charge < -0.3 is 0 Å². The van der Waals surface area contributed by atoms with E-state index in [9.17, 15) is 21.6 Å². The number of alkyl halides is 3. The van der Waals surface area contributed by atoms with Gasteiger partial charge >= 0.3 is 15.5 Å². The number of hydrogen-bond acceptors (Lipinski definition) is 2. The summed E-state index contributed by atoms with van der Waals surface area (Å²) in [5, 5.41) is 3.66. The van der Waals surface area contributed by atoms with Crippen LogP contribution in [0.2, 0.25) is 0 Å². The van der Waals surface area contributed by atoms with E-state index in [1.807, 2.05) is 0 Å². The Bertz CT molecular complexity index is 171. The van der Waals surface area contributed by atoms with Crippen molar-refractivity contribution >= 4 is 10.0 Å². The van der Waals surface area contributed by atoms with Gasteiger partial charge in [0.2, 0.25) is 0 Å². The predicted molar refractivity (Wildman–Crippen MR) is 19.2 cm³/mol. The fraction of sp³-hybridized carbons (Fsp3) is 1.00. The molecule has 0 bridgehead atoms. The summed E-state index contributed by atoms with van der Waals surface area (Å²) < 4.78 is 51.2. The third-order valence-electron chi connectivity index (χ3n) is 0.323. The van der Waals surface area contributed by atoms with E-state index < -0.39 is 15.5 Å². The molecular weight excluding hydrogens is 192 g/mol. The summed E-state index contributed by atoms with van der Waals surface area (Å²) in [4.78, 5) is 0. The van der Waals surface area contributed by atoms with E-state index in [1.54, 1.807) is 0 Å². The second-order valence-corrected chi connectivity index (χ2v) is 2.54. The van der Waals surface area contributed by atoms with Gasteiger partial charge in [-0.3, -0.25) is 0 Å². The molecule has 0 atom stereocenters. The summed E-state index contributed by atoms with van der Waals surface area (Å²) in [5.74, 6) is 0. The topological polar surface area (TPSA) is 60.2 Å². The Morgan fingerprint density at radius 3 is 1.33 bits per heavy atom. The Morgan fingerprint density at radius 1 is 1.22 bits per heavy atom. The van der Waals surface area contributed by atoms with Gasteiger partial charge in [-0.25, -0.2) is 13.6 Å². The van der Waals surface area contributed by atoms with E-state index in [1.165, 1.54) is 0 Å². The minimum atomic E-state index is -5.34. The van der Waals surface area contributed by atoms with Gasteiger partial charge in [0.15, 0.2) is 0 Å². The molecule has 3 nitrogen and oxygen atoms in total. The van der Waals surface area contributed by atoms with Crippen molar-refractivity contribution < 1.29 is 47.4 Å². The minimum Gasteiger partial charge on any atom is -0.221 e. The zero-order chi connectivity index (χ0) is 7.00. The predicted octanol–water partition coefficient (Wildman–Crippen LogP) is -0.208. The van der Waals surface area contributed by atoms with Crippen LogP contribution in [0.15, 0.2) is 0 Å². The molecule has 53 valence electrons. The van der Waals surface area contributed by atoms with Gasteiger partial charge in [-0.15, -0.1) is 0 Å². The first-order valence-corrected chi connectivity index (χ1v) is 2.89. The molecule has 0 unspecified atom stereocenters. The molecule has 0 aliphatic heterocycles. The molecule has 0 fully saturated rings. The first kappa shape index (κ1) is 12.3. The summed E-state index contributed by atoms with van der Waals surface area (Å²) in [6.07, 6.45) is 0. The molecule has 0 aromatic rings. The van der Waals surface area contributed by atoms with Crippen LogP contribution in [0.5, 0.6) is 0 Å². The van der Waals surface area contributed by atoms with Crippen molar-refractivity contribution in [2.24, 2.45) is 5.14 Å². The molecule has 0 aromatic heterocycles. The third-order valence-corrected chi connectivity index (χ3v) is 0.968. The number of rotatable bonds is 0. The van der Waals surface area contributed by atoms with Crippen LogP contribution in [0.25, 0.3) is 0 Å². The molecule has 0 saturated carbocycles. The molecule has 8 heteroatoms. The fourth-order valence-corrected chi connectivity index (χ4v) is 0. The minimum absolute atomic E-state index is 0. The fourth-order valence-electron chi connectivity index (χ4n) is 0. The summed E-state index contributed by atoms with van der Waals surface area (Å²) in [5.41, 5.74) is -5.31. The first-order valence-electron chi connectivity index (χ1n) is 1.34. The molecule has 0 aliphatic carbocycles. The Hall–Kier alpha value is 0.570. The number of primary sulfonamides is 1. The second-order valence-electron chi connectivity index (χ2n) is 0.991. The molecule has 0 aliphatic rings. The SMILES string of the molecule is NS(=O)(=O)C(F)(F)F.[Sc]. The van der Waals surface area contributed by atoms with Crippen molar-refractivity contribution in [2.75, 3.05) is 0 Å². The van der Waals surface area contributed by atoms with Crippen LogP contribution in [0.3, 0.4) is 0 Å². The molecule has 0 saturated heterocycles. The van der Waals surface area contributed by atoms with E-state index in [4.69, 9.17) is 0 Å². The Morgan fingerprint density at radius 2 is 1.33 bits per heavy atom. The smallest absolute Gasteiger partial charge is 0.221 e. The molecule has 0 heterocycles. The Kier molecular flexibility index (Phi) is 4.24. The molecule has 0 rings (SSSR count). The van der Waals surface area contributed by atoms with Gasteiger partial charge in [0.05, 0.1) is 0 Å². The zero-order valence-corrected chi connectivity index (χ0v) is 6.63.